The highest BCUT2D eigenvalue weighted by atomic mass is 16.4. The summed E-state index contributed by atoms with van der Waals surface area (Å²) in [6.45, 7) is 6.30. The van der Waals surface area contributed by atoms with Crippen LogP contribution in [0.15, 0.2) is 18.3 Å². The van der Waals surface area contributed by atoms with Crippen molar-refractivity contribution >= 4 is 11.7 Å². The van der Waals surface area contributed by atoms with Crippen LogP contribution in [-0.4, -0.2) is 22.1 Å². The number of hydrogen-bond donors (Lipinski definition) is 2. The fourth-order valence-electron chi connectivity index (χ4n) is 1.63. The lowest BCUT2D eigenvalue weighted by atomic mass is 10.0. The first kappa shape index (κ1) is 12.5. The molecule has 4 heteroatoms. The van der Waals surface area contributed by atoms with E-state index in [0.717, 1.165) is 6.42 Å². The molecule has 1 heterocycles. The van der Waals surface area contributed by atoms with Crippen molar-refractivity contribution in [2.75, 3.05) is 5.32 Å². The smallest absolute Gasteiger partial charge is 0.356 e. The van der Waals surface area contributed by atoms with Crippen LogP contribution >= 0.6 is 0 Å². The Balaban J connectivity index is 2.91. The molecule has 0 saturated carbocycles. The monoisotopic (exact) mass is 222 g/mol. The van der Waals surface area contributed by atoms with Crippen LogP contribution in [0.25, 0.3) is 0 Å². The Hall–Kier alpha value is -1.58. The molecule has 0 spiro atoms. The van der Waals surface area contributed by atoms with Crippen molar-refractivity contribution in [3.05, 3.63) is 24.0 Å². The summed E-state index contributed by atoms with van der Waals surface area (Å²) >= 11 is 0. The second-order valence-corrected chi connectivity index (χ2v) is 4.11. The molecule has 0 aliphatic carbocycles. The van der Waals surface area contributed by atoms with E-state index in [9.17, 15) is 4.79 Å². The van der Waals surface area contributed by atoms with Gasteiger partial charge in [0.05, 0.1) is 5.69 Å². The van der Waals surface area contributed by atoms with Crippen LogP contribution < -0.4 is 5.32 Å². The summed E-state index contributed by atoms with van der Waals surface area (Å²) in [5.74, 6) is -0.548. The second kappa shape index (κ2) is 5.49. The van der Waals surface area contributed by atoms with Gasteiger partial charge >= 0.3 is 5.97 Å². The minimum absolute atomic E-state index is 0.0848. The number of nitrogens with zero attached hydrogens (tertiary/aromatic N) is 1. The van der Waals surface area contributed by atoms with Crippen LogP contribution in [0.4, 0.5) is 5.69 Å². The molecule has 1 aromatic heterocycles. The standard InChI is InChI=1S/C12H18N2O2/c1-4-9(8(2)3)14-10-6-5-7-13-11(10)12(15)16/h5-9,14H,4H2,1-3H3,(H,15,16). The van der Waals surface area contributed by atoms with Crippen molar-refractivity contribution in [1.29, 1.82) is 0 Å². The Morgan fingerprint density at radius 1 is 1.56 bits per heavy atom. The lowest BCUT2D eigenvalue weighted by molar-refractivity contribution is 0.0691. The maximum absolute atomic E-state index is 11.0. The molecule has 1 rings (SSSR count). The molecule has 2 N–H and O–H groups in total. The van der Waals surface area contributed by atoms with Gasteiger partial charge in [-0.25, -0.2) is 9.78 Å². The number of hydrogen-bond acceptors (Lipinski definition) is 3. The van der Waals surface area contributed by atoms with E-state index >= 15 is 0 Å². The normalized spacial score (nSPS) is 12.5. The highest BCUT2D eigenvalue weighted by Crippen LogP contribution is 2.17. The lowest BCUT2D eigenvalue weighted by Gasteiger charge is -2.22. The first-order valence-corrected chi connectivity index (χ1v) is 5.51. The van der Waals surface area contributed by atoms with Gasteiger partial charge in [0.15, 0.2) is 5.69 Å². The van der Waals surface area contributed by atoms with Crippen molar-refractivity contribution < 1.29 is 9.90 Å². The van der Waals surface area contributed by atoms with Gasteiger partial charge < -0.3 is 10.4 Å². The first-order valence-electron chi connectivity index (χ1n) is 5.51. The quantitative estimate of drug-likeness (QED) is 0.804. The van der Waals surface area contributed by atoms with Gasteiger partial charge in [0, 0.05) is 12.2 Å². The number of pyridine rings is 1. The third-order valence-corrected chi connectivity index (χ3v) is 2.60. The summed E-state index contributed by atoms with van der Waals surface area (Å²) in [4.78, 5) is 14.8. The molecule has 1 unspecified atom stereocenters. The number of rotatable bonds is 5. The van der Waals surface area contributed by atoms with E-state index in [4.69, 9.17) is 5.11 Å². The summed E-state index contributed by atoms with van der Waals surface area (Å²) in [6.07, 6.45) is 2.44. The van der Waals surface area contributed by atoms with E-state index in [0.29, 0.717) is 11.6 Å². The maximum Gasteiger partial charge on any atom is 0.356 e. The van der Waals surface area contributed by atoms with Crippen molar-refractivity contribution in [3.63, 3.8) is 0 Å². The Bertz CT molecular complexity index is 364. The molecule has 4 nitrogen and oxygen atoms in total. The van der Waals surface area contributed by atoms with E-state index in [1.165, 1.54) is 6.20 Å². The Labute approximate surface area is 95.7 Å². The van der Waals surface area contributed by atoms with Crippen LogP contribution in [0, 0.1) is 5.92 Å². The predicted molar refractivity (Wildman–Crippen MR) is 63.7 cm³/mol. The van der Waals surface area contributed by atoms with Gasteiger partial charge in [-0.3, -0.25) is 0 Å². The fraction of sp³-hybridized carbons (Fsp3) is 0.500. The second-order valence-electron chi connectivity index (χ2n) is 4.11. The Morgan fingerprint density at radius 2 is 2.25 bits per heavy atom. The molecule has 0 fully saturated rings. The molecule has 0 radical (unpaired) electrons. The van der Waals surface area contributed by atoms with E-state index in [-0.39, 0.29) is 11.7 Å². The number of aromatic nitrogens is 1. The predicted octanol–water partition coefficient (Wildman–Crippen LogP) is 2.63. The molecule has 1 atom stereocenters. The molecule has 0 aliphatic heterocycles. The number of carbonyl (C=O) groups is 1. The van der Waals surface area contributed by atoms with Crippen molar-refractivity contribution in [3.8, 4) is 0 Å². The minimum atomic E-state index is -0.998. The summed E-state index contributed by atoms with van der Waals surface area (Å²) in [6, 6.07) is 3.76. The molecule has 0 amide bonds. The number of aromatic carboxylic acids is 1. The average Bonchev–Trinajstić information content (AvgIpc) is 2.25. The molecule has 0 bridgehead atoms. The van der Waals surface area contributed by atoms with Crippen molar-refractivity contribution in [1.82, 2.24) is 4.98 Å². The largest absolute Gasteiger partial charge is 0.476 e. The van der Waals surface area contributed by atoms with Gasteiger partial charge in [0.25, 0.3) is 0 Å². The van der Waals surface area contributed by atoms with E-state index in [1.54, 1.807) is 12.1 Å². The summed E-state index contributed by atoms with van der Waals surface area (Å²) in [5.41, 5.74) is 0.678. The van der Waals surface area contributed by atoms with Crippen molar-refractivity contribution in [2.24, 2.45) is 5.92 Å². The van der Waals surface area contributed by atoms with E-state index in [1.807, 2.05) is 0 Å². The highest BCUT2D eigenvalue weighted by molar-refractivity contribution is 5.91. The zero-order valence-electron chi connectivity index (χ0n) is 9.90. The van der Waals surface area contributed by atoms with E-state index < -0.39 is 5.97 Å². The summed E-state index contributed by atoms with van der Waals surface area (Å²) in [5, 5.41) is 12.2. The van der Waals surface area contributed by atoms with Crippen LogP contribution in [0.5, 0.6) is 0 Å². The summed E-state index contributed by atoms with van der Waals surface area (Å²) in [7, 11) is 0. The lowest BCUT2D eigenvalue weighted by Crippen LogP contribution is -2.26. The number of carboxylic acids is 1. The zero-order chi connectivity index (χ0) is 12.1. The summed E-state index contributed by atoms with van der Waals surface area (Å²) < 4.78 is 0. The number of carboxylic acid groups (broad SMARTS) is 1. The molecule has 0 aromatic carbocycles. The molecule has 0 saturated heterocycles. The molecule has 1 aromatic rings. The Morgan fingerprint density at radius 3 is 2.75 bits per heavy atom. The van der Waals surface area contributed by atoms with Gasteiger partial charge in [-0.05, 0) is 24.5 Å². The highest BCUT2D eigenvalue weighted by Gasteiger charge is 2.16. The van der Waals surface area contributed by atoms with Gasteiger partial charge in [0.1, 0.15) is 0 Å². The average molecular weight is 222 g/mol. The van der Waals surface area contributed by atoms with Crippen LogP contribution in [0.3, 0.4) is 0 Å². The SMILES string of the molecule is CCC(Nc1cccnc1C(=O)O)C(C)C. The molecule has 16 heavy (non-hydrogen) atoms. The number of anilines is 1. The minimum Gasteiger partial charge on any atom is -0.476 e. The van der Waals surface area contributed by atoms with Crippen LogP contribution in [-0.2, 0) is 0 Å². The van der Waals surface area contributed by atoms with Gasteiger partial charge in [-0.1, -0.05) is 20.8 Å². The Kier molecular flexibility index (Phi) is 4.28. The number of nitrogens with one attached hydrogen (secondary N) is 1. The third-order valence-electron chi connectivity index (χ3n) is 2.60. The third kappa shape index (κ3) is 2.95. The fourth-order valence-corrected chi connectivity index (χ4v) is 1.63. The van der Waals surface area contributed by atoms with Crippen LogP contribution in [0.2, 0.25) is 0 Å². The first-order chi connectivity index (χ1) is 7.56. The molecular formula is C12H18N2O2. The van der Waals surface area contributed by atoms with Crippen LogP contribution in [0.1, 0.15) is 37.7 Å². The van der Waals surface area contributed by atoms with E-state index in [2.05, 4.69) is 31.1 Å². The van der Waals surface area contributed by atoms with Gasteiger partial charge in [-0.15, -0.1) is 0 Å². The topological polar surface area (TPSA) is 62.2 Å². The van der Waals surface area contributed by atoms with Gasteiger partial charge in [-0.2, -0.15) is 0 Å². The maximum atomic E-state index is 11.0. The zero-order valence-corrected chi connectivity index (χ0v) is 9.90. The van der Waals surface area contributed by atoms with Gasteiger partial charge in [0.2, 0.25) is 0 Å². The molecule has 88 valence electrons. The molecular weight excluding hydrogens is 204 g/mol. The van der Waals surface area contributed by atoms with Crippen molar-refractivity contribution in [2.45, 2.75) is 33.2 Å². The molecule has 0 aliphatic rings.